The van der Waals surface area contributed by atoms with Crippen LogP contribution < -0.4 is 10.1 Å². The van der Waals surface area contributed by atoms with E-state index in [1.165, 1.54) is 5.56 Å². The minimum Gasteiger partial charge on any atom is -0.491 e. The molecule has 18 heavy (non-hydrogen) atoms. The summed E-state index contributed by atoms with van der Waals surface area (Å²) in [6.07, 6.45) is 2.19. The van der Waals surface area contributed by atoms with E-state index >= 15 is 0 Å². The molecule has 0 amide bonds. The molecule has 3 nitrogen and oxygen atoms in total. The van der Waals surface area contributed by atoms with Gasteiger partial charge >= 0.3 is 0 Å². The van der Waals surface area contributed by atoms with E-state index in [-0.39, 0.29) is 18.1 Å². The molecule has 1 fully saturated rings. The Morgan fingerprint density at radius 2 is 2.06 bits per heavy atom. The second-order valence-corrected chi connectivity index (χ2v) is 5.57. The molecule has 0 spiro atoms. The van der Waals surface area contributed by atoms with Gasteiger partial charge in [0.05, 0.1) is 12.7 Å². The zero-order chi connectivity index (χ0) is 13.0. The molecule has 1 aliphatic rings. The molecule has 1 unspecified atom stereocenters. The van der Waals surface area contributed by atoms with Crippen molar-refractivity contribution in [3.05, 3.63) is 29.8 Å². The van der Waals surface area contributed by atoms with Crippen LogP contribution in [0.15, 0.2) is 24.3 Å². The van der Waals surface area contributed by atoms with Crippen molar-refractivity contribution in [3.63, 3.8) is 0 Å². The molecular formula is C15H23NO2. The molecule has 2 N–H and O–H groups in total. The van der Waals surface area contributed by atoms with Gasteiger partial charge in [0.1, 0.15) is 5.75 Å². The van der Waals surface area contributed by atoms with Gasteiger partial charge in [-0.1, -0.05) is 12.1 Å². The summed E-state index contributed by atoms with van der Waals surface area (Å²) in [4.78, 5) is 0. The van der Waals surface area contributed by atoms with Gasteiger partial charge in [-0.25, -0.2) is 0 Å². The highest BCUT2D eigenvalue weighted by Gasteiger charge is 2.33. The van der Waals surface area contributed by atoms with Crippen molar-refractivity contribution in [2.75, 3.05) is 19.7 Å². The fourth-order valence-electron chi connectivity index (χ4n) is 2.53. The van der Waals surface area contributed by atoms with Crippen LogP contribution in [0.25, 0.3) is 0 Å². The molecule has 1 aliphatic heterocycles. The van der Waals surface area contributed by atoms with Crippen molar-refractivity contribution in [3.8, 4) is 5.75 Å². The van der Waals surface area contributed by atoms with Gasteiger partial charge < -0.3 is 15.2 Å². The van der Waals surface area contributed by atoms with Crippen LogP contribution in [0.1, 0.15) is 25.8 Å². The van der Waals surface area contributed by atoms with Crippen LogP contribution in [0.3, 0.4) is 0 Å². The van der Waals surface area contributed by atoms with Gasteiger partial charge in [0, 0.05) is 12.0 Å². The van der Waals surface area contributed by atoms with Gasteiger partial charge in [0.25, 0.3) is 0 Å². The average molecular weight is 249 g/mol. The minimum absolute atomic E-state index is 0.0282. The summed E-state index contributed by atoms with van der Waals surface area (Å²) in [5, 5.41) is 12.9. The molecule has 2 rings (SSSR count). The summed E-state index contributed by atoms with van der Waals surface area (Å²) in [6, 6.07) is 8.24. The quantitative estimate of drug-likeness (QED) is 0.838. The Hall–Kier alpha value is -1.06. The Kier molecular flexibility index (Phi) is 4.25. The van der Waals surface area contributed by atoms with E-state index < -0.39 is 0 Å². The van der Waals surface area contributed by atoms with E-state index in [9.17, 15) is 5.11 Å². The van der Waals surface area contributed by atoms with Crippen LogP contribution in [-0.4, -0.2) is 30.9 Å². The molecule has 0 saturated carbocycles. The zero-order valence-corrected chi connectivity index (χ0v) is 11.3. The maximum Gasteiger partial charge on any atom is 0.119 e. The highest BCUT2D eigenvalue weighted by atomic mass is 16.5. The van der Waals surface area contributed by atoms with Crippen LogP contribution in [0.5, 0.6) is 5.75 Å². The number of aliphatic hydroxyl groups excluding tert-OH is 1. The number of benzene rings is 1. The third-order valence-electron chi connectivity index (χ3n) is 3.54. The van der Waals surface area contributed by atoms with E-state index in [1.54, 1.807) is 0 Å². The highest BCUT2D eigenvalue weighted by molar-refractivity contribution is 5.28. The molecule has 1 aromatic carbocycles. The van der Waals surface area contributed by atoms with Gasteiger partial charge in [-0.3, -0.25) is 0 Å². The van der Waals surface area contributed by atoms with Crippen molar-refractivity contribution in [2.45, 2.75) is 32.8 Å². The molecule has 1 atom stereocenters. The van der Waals surface area contributed by atoms with Gasteiger partial charge in [-0.05, 0) is 50.9 Å². The Bertz CT molecular complexity index is 367. The van der Waals surface area contributed by atoms with E-state index in [0.29, 0.717) is 0 Å². The van der Waals surface area contributed by atoms with Crippen molar-refractivity contribution in [2.24, 2.45) is 5.41 Å². The molecule has 0 aromatic heterocycles. The van der Waals surface area contributed by atoms with Crippen molar-refractivity contribution in [1.82, 2.24) is 5.32 Å². The fraction of sp³-hybridized carbons (Fsp3) is 0.600. The summed E-state index contributed by atoms with van der Waals surface area (Å²) in [7, 11) is 0. The first-order chi connectivity index (χ1) is 8.63. The van der Waals surface area contributed by atoms with Crippen molar-refractivity contribution >= 4 is 0 Å². The third-order valence-corrected chi connectivity index (χ3v) is 3.54. The predicted molar refractivity (Wildman–Crippen MR) is 72.9 cm³/mol. The number of nitrogens with one attached hydrogen (secondary N) is 1. The van der Waals surface area contributed by atoms with E-state index in [1.807, 2.05) is 26.0 Å². The van der Waals surface area contributed by atoms with Crippen LogP contribution in [0.2, 0.25) is 0 Å². The second-order valence-electron chi connectivity index (χ2n) is 5.57. The molecular weight excluding hydrogens is 226 g/mol. The standard InChI is InChI=1S/C15H23NO2/c1-12(2)18-14-5-3-13(4-6-14)9-15(11-17)7-8-16-10-15/h3-6,12,16-17H,7-11H2,1-2H3. The molecule has 0 aliphatic carbocycles. The smallest absolute Gasteiger partial charge is 0.119 e. The van der Waals surface area contributed by atoms with Crippen molar-refractivity contribution < 1.29 is 9.84 Å². The summed E-state index contributed by atoms with van der Waals surface area (Å²) in [5.74, 6) is 0.913. The largest absolute Gasteiger partial charge is 0.491 e. The molecule has 1 heterocycles. The average Bonchev–Trinajstić information content (AvgIpc) is 2.80. The first kappa shape index (κ1) is 13.4. The number of aliphatic hydroxyl groups is 1. The second kappa shape index (κ2) is 5.72. The summed E-state index contributed by atoms with van der Waals surface area (Å²) in [5.41, 5.74) is 1.30. The molecule has 0 radical (unpaired) electrons. The zero-order valence-electron chi connectivity index (χ0n) is 11.3. The lowest BCUT2D eigenvalue weighted by molar-refractivity contribution is 0.143. The first-order valence-corrected chi connectivity index (χ1v) is 6.71. The van der Waals surface area contributed by atoms with Gasteiger partial charge in [0.15, 0.2) is 0 Å². The maximum absolute atomic E-state index is 9.59. The molecule has 3 heteroatoms. The summed E-state index contributed by atoms with van der Waals surface area (Å²) >= 11 is 0. The Balaban J connectivity index is 2.01. The minimum atomic E-state index is 0.0282. The van der Waals surface area contributed by atoms with E-state index in [4.69, 9.17) is 4.74 Å². The van der Waals surface area contributed by atoms with Crippen LogP contribution in [0, 0.1) is 5.41 Å². The monoisotopic (exact) mass is 249 g/mol. The predicted octanol–water partition coefficient (Wildman–Crippen LogP) is 1.99. The number of hydrogen-bond acceptors (Lipinski definition) is 3. The Morgan fingerprint density at radius 3 is 2.56 bits per heavy atom. The molecule has 0 bridgehead atoms. The lowest BCUT2D eigenvalue weighted by Crippen LogP contribution is -2.30. The normalized spacial score (nSPS) is 23.6. The van der Waals surface area contributed by atoms with Crippen LogP contribution in [0.4, 0.5) is 0 Å². The Labute approximate surface area is 109 Å². The van der Waals surface area contributed by atoms with Gasteiger partial charge in [-0.15, -0.1) is 0 Å². The molecule has 1 saturated heterocycles. The molecule has 100 valence electrons. The highest BCUT2D eigenvalue weighted by Crippen LogP contribution is 2.30. The van der Waals surface area contributed by atoms with Crippen molar-refractivity contribution in [1.29, 1.82) is 0 Å². The fourth-order valence-corrected chi connectivity index (χ4v) is 2.53. The maximum atomic E-state index is 9.59. The lowest BCUT2D eigenvalue weighted by Gasteiger charge is -2.25. The molecule has 1 aromatic rings. The number of hydrogen-bond donors (Lipinski definition) is 2. The third kappa shape index (κ3) is 3.24. The van der Waals surface area contributed by atoms with Gasteiger partial charge in [0.2, 0.25) is 0 Å². The Morgan fingerprint density at radius 1 is 1.33 bits per heavy atom. The lowest BCUT2D eigenvalue weighted by atomic mass is 9.82. The van der Waals surface area contributed by atoms with Crippen LogP contribution in [-0.2, 0) is 6.42 Å². The van der Waals surface area contributed by atoms with E-state index in [0.717, 1.165) is 31.7 Å². The van der Waals surface area contributed by atoms with Crippen LogP contribution >= 0.6 is 0 Å². The topological polar surface area (TPSA) is 41.5 Å². The van der Waals surface area contributed by atoms with Gasteiger partial charge in [-0.2, -0.15) is 0 Å². The SMILES string of the molecule is CC(C)Oc1ccc(CC2(CO)CCNC2)cc1. The first-order valence-electron chi connectivity index (χ1n) is 6.71. The summed E-state index contributed by atoms with van der Waals surface area (Å²) in [6.45, 7) is 6.23. The number of rotatable bonds is 5. The van der Waals surface area contributed by atoms with E-state index in [2.05, 4.69) is 17.4 Å². The number of ether oxygens (including phenoxy) is 1. The summed E-state index contributed by atoms with van der Waals surface area (Å²) < 4.78 is 5.63.